The molecule has 0 spiro atoms. The molecular weight excluding hydrogens is 310 g/mol. The number of carbonyl (C=O) groups is 1. The molecule has 0 unspecified atom stereocenters. The predicted molar refractivity (Wildman–Crippen MR) is 90.5 cm³/mol. The summed E-state index contributed by atoms with van der Waals surface area (Å²) in [5.74, 6) is 0.264. The second kappa shape index (κ2) is 7.59. The third kappa shape index (κ3) is 4.31. The van der Waals surface area contributed by atoms with Crippen molar-refractivity contribution in [2.45, 2.75) is 50.2 Å². The number of aryl methyl sites for hydroxylation is 1. The van der Waals surface area contributed by atoms with Gasteiger partial charge in [-0.15, -0.1) is 5.10 Å². The SMILES string of the molecule is Cc1cccc(NC(=O)CSc2nnnn2C2CCCCC2)c1. The fourth-order valence-corrected chi connectivity index (χ4v) is 3.63. The van der Waals surface area contributed by atoms with Gasteiger partial charge in [0.05, 0.1) is 11.8 Å². The van der Waals surface area contributed by atoms with Crippen LogP contribution in [0, 0.1) is 6.92 Å². The third-order valence-corrected chi connectivity index (χ3v) is 4.95. The van der Waals surface area contributed by atoms with Gasteiger partial charge in [-0.3, -0.25) is 4.79 Å². The van der Waals surface area contributed by atoms with Crippen molar-refractivity contribution in [3.8, 4) is 0 Å². The van der Waals surface area contributed by atoms with Crippen molar-refractivity contribution in [1.82, 2.24) is 20.2 Å². The van der Waals surface area contributed by atoms with Crippen LogP contribution >= 0.6 is 11.8 Å². The number of rotatable bonds is 5. The molecule has 1 saturated carbocycles. The number of benzene rings is 1. The van der Waals surface area contributed by atoms with E-state index in [1.807, 2.05) is 35.9 Å². The molecule has 1 amide bonds. The van der Waals surface area contributed by atoms with Crippen LogP contribution in [0.25, 0.3) is 0 Å². The molecule has 1 aromatic carbocycles. The molecule has 7 heteroatoms. The Kier molecular flexibility index (Phi) is 5.27. The predicted octanol–water partition coefficient (Wildman–Crippen LogP) is 3.22. The third-order valence-electron chi connectivity index (χ3n) is 4.02. The zero-order chi connectivity index (χ0) is 16.1. The Hall–Kier alpha value is -1.89. The molecule has 0 atom stereocenters. The average Bonchev–Trinajstić information content (AvgIpc) is 3.02. The van der Waals surface area contributed by atoms with Crippen molar-refractivity contribution in [3.63, 3.8) is 0 Å². The van der Waals surface area contributed by atoms with Gasteiger partial charge in [0.1, 0.15) is 0 Å². The first kappa shape index (κ1) is 16.0. The lowest BCUT2D eigenvalue weighted by Gasteiger charge is -2.21. The zero-order valence-electron chi connectivity index (χ0n) is 13.2. The number of amides is 1. The first-order valence-electron chi connectivity index (χ1n) is 7.99. The lowest BCUT2D eigenvalue weighted by atomic mass is 9.96. The summed E-state index contributed by atoms with van der Waals surface area (Å²) in [6.07, 6.45) is 5.98. The van der Waals surface area contributed by atoms with Gasteiger partial charge in [0.15, 0.2) is 0 Å². The number of anilines is 1. The molecule has 1 fully saturated rings. The van der Waals surface area contributed by atoms with Crippen LogP contribution in [0.5, 0.6) is 0 Å². The van der Waals surface area contributed by atoms with Crippen LogP contribution in [-0.4, -0.2) is 31.9 Å². The van der Waals surface area contributed by atoms with E-state index in [1.54, 1.807) is 0 Å². The molecule has 1 N–H and O–H groups in total. The van der Waals surface area contributed by atoms with E-state index in [0.29, 0.717) is 11.8 Å². The van der Waals surface area contributed by atoms with Gasteiger partial charge in [0, 0.05) is 5.69 Å². The smallest absolute Gasteiger partial charge is 0.234 e. The highest BCUT2D eigenvalue weighted by Gasteiger charge is 2.20. The van der Waals surface area contributed by atoms with Crippen LogP contribution in [0.15, 0.2) is 29.4 Å². The van der Waals surface area contributed by atoms with E-state index in [0.717, 1.165) is 29.2 Å². The van der Waals surface area contributed by atoms with Crippen LogP contribution in [0.1, 0.15) is 43.7 Å². The lowest BCUT2D eigenvalue weighted by Crippen LogP contribution is -2.17. The summed E-state index contributed by atoms with van der Waals surface area (Å²) in [6, 6.07) is 8.15. The molecule has 1 heterocycles. The number of thioether (sulfide) groups is 1. The van der Waals surface area contributed by atoms with Crippen molar-refractivity contribution >= 4 is 23.4 Å². The number of nitrogens with one attached hydrogen (secondary N) is 1. The van der Waals surface area contributed by atoms with Crippen LogP contribution in [0.2, 0.25) is 0 Å². The van der Waals surface area contributed by atoms with E-state index in [9.17, 15) is 4.79 Å². The van der Waals surface area contributed by atoms with E-state index in [-0.39, 0.29) is 5.91 Å². The van der Waals surface area contributed by atoms with Gasteiger partial charge < -0.3 is 5.32 Å². The van der Waals surface area contributed by atoms with E-state index in [4.69, 9.17) is 0 Å². The highest BCUT2D eigenvalue weighted by molar-refractivity contribution is 7.99. The minimum absolute atomic E-state index is 0.0428. The largest absolute Gasteiger partial charge is 0.325 e. The molecule has 23 heavy (non-hydrogen) atoms. The Labute approximate surface area is 140 Å². The van der Waals surface area contributed by atoms with Crippen LogP contribution in [0.4, 0.5) is 5.69 Å². The van der Waals surface area contributed by atoms with Gasteiger partial charge in [-0.25, -0.2) is 4.68 Å². The molecule has 6 nitrogen and oxygen atoms in total. The number of nitrogens with zero attached hydrogens (tertiary/aromatic N) is 4. The van der Waals surface area contributed by atoms with E-state index < -0.39 is 0 Å². The number of hydrogen-bond acceptors (Lipinski definition) is 5. The van der Waals surface area contributed by atoms with Gasteiger partial charge in [0.25, 0.3) is 0 Å². The number of aromatic nitrogens is 4. The fourth-order valence-electron chi connectivity index (χ4n) is 2.89. The van der Waals surface area contributed by atoms with Crippen molar-refractivity contribution in [2.75, 3.05) is 11.1 Å². The molecule has 0 aliphatic heterocycles. The Morgan fingerprint density at radius 1 is 1.35 bits per heavy atom. The summed E-state index contributed by atoms with van der Waals surface area (Å²) in [5.41, 5.74) is 1.94. The van der Waals surface area contributed by atoms with Gasteiger partial charge in [0.2, 0.25) is 11.1 Å². The quantitative estimate of drug-likeness (QED) is 0.852. The van der Waals surface area contributed by atoms with Crippen molar-refractivity contribution in [1.29, 1.82) is 0 Å². The highest BCUT2D eigenvalue weighted by atomic mass is 32.2. The fraction of sp³-hybridized carbons (Fsp3) is 0.500. The van der Waals surface area contributed by atoms with Gasteiger partial charge >= 0.3 is 0 Å². The summed E-state index contributed by atoms with van der Waals surface area (Å²) in [5, 5.41) is 15.6. The van der Waals surface area contributed by atoms with E-state index >= 15 is 0 Å². The molecule has 1 aliphatic rings. The monoisotopic (exact) mass is 331 g/mol. The Balaban J connectivity index is 1.56. The maximum absolute atomic E-state index is 12.1. The second-order valence-electron chi connectivity index (χ2n) is 5.90. The first-order valence-corrected chi connectivity index (χ1v) is 8.98. The number of tetrazole rings is 1. The minimum Gasteiger partial charge on any atom is -0.325 e. The zero-order valence-corrected chi connectivity index (χ0v) is 14.1. The standard InChI is InChI=1S/C16H21N5OS/c1-12-6-5-7-13(10-12)17-15(22)11-23-16-18-19-20-21(16)14-8-3-2-4-9-14/h5-7,10,14H,2-4,8-9,11H2,1H3,(H,17,22). The number of hydrogen-bond donors (Lipinski definition) is 1. The van der Waals surface area contributed by atoms with Crippen LogP contribution in [0.3, 0.4) is 0 Å². The van der Waals surface area contributed by atoms with Crippen LogP contribution in [-0.2, 0) is 4.79 Å². The van der Waals surface area contributed by atoms with E-state index in [1.165, 1.54) is 31.0 Å². The molecular formula is C16H21N5OS. The molecule has 2 aromatic rings. The van der Waals surface area contributed by atoms with Crippen LogP contribution < -0.4 is 5.32 Å². The van der Waals surface area contributed by atoms with Gasteiger partial charge in [-0.05, 0) is 47.9 Å². The summed E-state index contributed by atoms with van der Waals surface area (Å²) in [4.78, 5) is 12.1. The van der Waals surface area contributed by atoms with Crippen molar-refractivity contribution in [3.05, 3.63) is 29.8 Å². The van der Waals surface area contributed by atoms with Gasteiger partial charge in [-0.1, -0.05) is 43.2 Å². The first-order chi connectivity index (χ1) is 11.2. The number of carbonyl (C=O) groups excluding carboxylic acids is 1. The normalized spacial score (nSPS) is 15.5. The molecule has 1 aliphatic carbocycles. The summed E-state index contributed by atoms with van der Waals surface area (Å²) < 4.78 is 1.89. The highest BCUT2D eigenvalue weighted by Crippen LogP contribution is 2.30. The molecule has 0 bridgehead atoms. The van der Waals surface area contributed by atoms with E-state index in [2.05, 4.69) is 20.8 Å². The summed E-state index contributed by atoms with van der Waals surface area (Å²) in [7, 11) is 0. The van der Waals surface area contributed by atoms with Crippen molar-refractivity contribution < 1.29 is 4.79 Å². The lowest BCUT2D eigenvalue weighted by molar-refractivity contribution is -0.113. The summed E-state index contributed by atoms with van der Waals surface area (Å²) >= 11 is 1.39. The molecule has 0 radical (unpaired) electrons. The van der Waals surface area contributed by atoms with Gasteiger partial charge in [-0.2, -0.15) is 0 Å². The average molecular weight is 331 g/mol. The summed E-state index contributed by atoms with van der Waals surface area (Å²) in [6.45, 7) is 2.00. The molecule has 3 rings (SSSR count). The van der Waals surface area contributed by atoms with Crippen molar-refractivity contribution in [2.24, 2.45) is 0 Å². The molecule has 1 aromatic heterocycles. The molecule has 122 valence electrons. The second-order valence-corrected chi connectivity index (χ2v) is 6.85. The minimum atomic E-state index is -0.0428. The molecule has 0 saturated heterocycles. The Morgan fingerprint density at radius 2 is 2.17 bits per heavy atom. The Bertz CT molecular complexity index is 666. The Morgan fingerprint density at radius 3 is 2.96 bits per heavy atom. The maximum Gasteiger partial charge on any atom is 0.234 e. The maximum atomic E-state index is 12.1. The topological polar surface area (TPSA) is 72.7 Å².